The number of ether oxygens (including phenoxy) is 1. The molecular formula is C21H19N5O5. The van der Waals surface area contributed by atoms with Gasteiger partial charge in [-0.05, 0) is 12.1 Å². The van der Waals surface area contributed by atoms with Crippen LogP contribution in [0.5, 0.6) is 0 Å². The Balaban J connectivity index is 1.71. The quantitative estimate of drug-likeness (QED) is 0.256. The van der Waals surface area contributed by atoms with E-state index in [1.54, 1.807) is 30.3 Å². The maximum absolute atomic E-state index is 11.7. The van der Waals surface area contributed by atoms with Crippen molar-refractivity contribution in [2.24, 2.45) is 12.2 Å². The molecule has 0 fully saturated rings. The molecule has 0 saturated carbocycles. The number of rotatable bonds is 8. The molecule has 10 heteroatoms. The van der Waals surface area contributed by atoms with Gasteiger partial charge in [-0.15, -0.1) is 12.3 Å². The van der Waals surface area contributed by atoms with Gasteiger partial charge in [-0.3, -0.25) is 14.4 Å². The van der Waals surface area contributed by atoms with E-state index >= 15 is 0 Å². The van der Waals surface area contributed by atoms with E-state index in [-0.39, 0.29) is 24.9 Å². The molecule has 1 aromatic carbocycles. The van der Waals surface area contributed by atoms with Gasteiger partial charge in [0.15, 0.2) is 12.3 Å². The number of anilines is 1. The van der Waals surface area contributed by atoms with Crippen molar-refractivity contribution in [1.29, 1.82) is 0 Å². The fourth-order valence-electron chi connectivity index (χ4n) is 2.45. The average Bonchev–Trinajstić information content (AvgIpc) is 3.10. The topological polar surface area (TPSA) is 121 Å². The Bertz CT molecular complexity index is 1160. The predicted octanol–water partition coefficient (Wildman–Crippen LogP) is 2.31. The summed E-state index contributed by atoms with van der Waals surface area (Å²) in [5, 5.41) is 10.4. The first-order valence-corrected chi connectivity index (χ1v) is 9.20. The smallest absolute Gasteiger partial charge is 0.441 e. The van der Waals surface area contributed by atoms with Crippen LogP contribution in [0.15, 0.2) is 63.0 Å². The molecule has 3 rings (SSSR count). The second-order valence-corrected chi connectivity index (χ2v) is 6.14. The third kappa shape index (κ3) is 5.80. The van der Waals surface area contributed by atoms with Crippen molar-refractivity contribution < 1.29 is 18.9 Å². The Hall–Kier alpha value is -4.39. The van der Waals surface area contributed by atoms with Gasteiger partial charge < -0.3 is 9.57 Å². The molecule has 2 heterocycles. The molecule has 0 aliphatic heterocycles. The zero-order valence-corrected chi connectivity index (χ0v) is 16.6. The second kappa shape index (κ2) is 10.4. The molecule has 2 aromatic heterocycles. The molecule has 31 heavy (non-hydrogen) atoms. The minimum atomic E-state index is -0.655. The first kappa shape index (κ1) is 21.3. The molecule has 1 amide bonds. The zero-order valence-electron chi connectivity index (χ0n) is 16.6. The van der Waals surface area contributed by atoms with Crippen molar-refractivity contribution in [3.8, 4) is 12.3 Å². The standard InChI is InChI=1S/C21H19N5O5/c1-3-4-13-29-20(27)23-17-12-8-11-16(22-17)14-30-24-18(15-9-6-5-7-10-15)19-25-31-21(28)26(19)2/h1,5-12H,4,13-14H2,2H3,(H,22,23,27). The average molecular weight is 421 g/mol. The monoisotopic (exact) mass is 421 g/mol. The lowest BCUT2D eigenvalue weighted by molar-refractivity contribution is 0.128. The van der Waals surface area contributed by atoms with Crippen LogP contribution >= 0.6 is 0 Å². The van der Waals surface area contributed by atoms with Gasteiger partial charge in [0.05, 0.1) is 5.69 Å². The summed E-state index contributed by atoms with van der Waals surface area (Å²) in [5.41, 5.74) is 1.51. The predicted molar refractivity (Wildman–Crippen MR) is 111 cm³/mol. The summed E-state index contributed by atoms with van der Waals surface area (Å²) < 4.78 is 10.8. The van der Waals surface area contributed by atoms with Crippen molar-refractivity contribution in [2.45, 2.75) is 13.0 Å². The van der Waals surface area contributed by atoms with E-state index in [1.807, 2.05) is 18.2 Å². The highest BCUT2D eigenvalue weighted by molar-refractivity contribution is 6.10. The van der Waals surface area contributed by atoms with E-state index in [9.17, 15) is 9.59 Å². The van der Waals surface area contributed by atoms with Gasteiger partial charge in [-0.1, -0.05) is 46.7 Å². The van der Waals surface area contributed by atoms with Crippen LogP contribution < -0.4 is 11.1 Å². The third-order valence-electron chi connectivity index (χ3n) is 3.95. The third-order valence-corrected chi connectivity index (χ3v) is 3.95. The number of carbonyl (C=O) groups is 1. The zero-order chi connectivity index (χ0) is 22.1. The Morgan fingerprint density at radius 1 is 1.26 bits per heavy atom. The van der Waals surface area contributed by atoms with Gasteiger partial charge in [-0.2, -0.15) is 0 Å². The van der Waals surface area contributed by atoms with Gasteiger partial charge in [0.1, 0.15) is 12.4 Å². The van der Waals surface area contributed by atoms with Crippen LogP contribution in [0.2, 0.25) is 0 Å². The number of benzene rings is 1. The lowest BCUT2D eigenvalue weighted by atomic mass is 10.1. The summed E-state index contributed by atoms with van der Waals surface area (Å²) in [5.74, 6) is 2.27. The van der Waals surface area contributed by atoms with Crippen LogP contribution in [0, 0.1) is 12.3 Å². The number of nitrogens with zero attached hydrogens (tertiary/aromatic N) is 4. The molecule has 0 unspecified atom stereocenters. The largest absolute Gasteiger partial charge is 0.448 e. The van der Waals surface area contributed by atoms with Gasteiger partial charge in [-0.25, -0.2) is 14.6 Å². The Morgan fingerprint density at radius 2 is 2.06 bits per heavy atom. The van der Waals surface area contributed by atoms with Crippen molar-refractivity contribution in [3.05, 3.63) is 76.2 Å². The van der Waals surface area contributed by atoms with Gasteiger partial charge >= 0.3 is 11.8 Å². The maximum atomic E-state index is 11.7. The lowest BCUT2D eigenvalue weighted by Gasteiger charge is -2.07. The molecule has 1 N–H and O–H groups in total. The Labute approximate surface area is 177 Å². The number of oxime groups is 1. The molecule has 0 aliphatic carbocycles. The highest BCUT2D eigenvalue weighted by atomic mass is 16.6. The van der Waals surface area contributed by atoms with Crippen LogP contribution in [-0.2, 0) is 23.2 Å². The molecule has 158 valence electrons. The number of nitrogens with one attached hydrogen (secondary N) is 1. The normalized spacial score (nSPS) is 10.9. The molecule has 0 bridgehead atoms. The Morgan fingerprint density at radius 3 is 2.77 bits per heavy atom. The summed E-state index contributed by atoms with van der Waals surface area (Å²) in [6, 6.07) is 14.1. The first-order valence-electron chi connectivity index (χ1n) is 9.20. The number of aromatic nitrogens is 3. The second-order valence-electron chi connectivity index (χ2n) is 6.14. The fourth-order valence-corrected chi connectivity index (χ4v) is 2.45. The van der Waals surface area contributed by atoms with E-state index in [4.69, 9.17) is 20.5 Å². The molecule has 0 radical (unpaired) electrons. The van der Waals surface area contributed by atoms with Crippen LogP contribution in [0.25, 0.3) is 0 Å². The highest BCUT2D eigenvalue weighted by Crippen LogP contribution is 2.10. The van der Waals surface area contributed by atoms with Gasteiger partial charge in [0.2, 0.25) is 5.82 Å². The first-order chi connectivity index (χ1) is 15.1. The van der Waals surface area contributed by atoms with E-state index < -0.39 is 11.8 Å². The highest BCUT2D eigenvalue weighted by Gasteiger charge is 2.17. The minimum absolute atomic E-state index is 0.00376. The SMILES string of the molecule is C#CCCOC(=O)Nc1cccc(CON=C(c2ccccc2)c2noc(=O)n2C)n1. The van der Waals surface area contributed by atoms with Crippen LogP contribution in [0.3, 0.4) is 0 Å². The molecule has 0 atom stereocenters. The number of carbonyl (C=O) groups excluding carboxylic acids is 1. The minimum Gasteiger partial charge on any atom is -0.448 e. The summed E-state index contributed by atoms with van der Waals surface area (Å²) >= 11 is 0. The summed E-state index contributed by atoms with van der Waals surface area (Å²) in [7, 11) is 1.52. The fraction of sp³-hybridized carbons (Fsp3) is 0.190. The van der Waals surface area contributed by atoms with Crippen molar-refractivity contribution in [3.63, 3.8) is 0 Å². The summed E-state index contributed by atoms with van der Waals surface area (Å²) in [4.78, 5) is 33.1. The molecule has 10 nitrogen and oxygen atoms in total. The van der Waals surface area contributed by atoms with Crippen LogP contribution in [-0.4, -0.2) is 33.1 Å². The number of amides is 1. The van der Waals surface area contributed by atoms with Gasteiger partial charge in [0.25, 0.3) is 0 Å². The number of hydrogen-bond acceptors (Lipinski definition) is 8. The number of pyridine rings is 1. The van der Waals surface area contributed by atoms with Gasteiger partial charge in [0, 0.05) is 19.0 Å². The molecule has 0 aliphatic rings. The summed E-state index contributed by atoms with van der Waals surface area (Å²) in [6.07, 6.45) is 4.79. The van der Waals surface area contributed by atoms with E-state index in [0.29, 0.717) is 23.4 Å². The lowest BCUT2D eigenvalue weighted by Crippen LogP contribution is -2.17. The van der Waals surface area contributed by atoms with E-state index in [2.05, 4.69) is 26.5 Å². The molecular weight excluding hydrogens is 402 g/mol. The molecule has 0 spiro atoms. The van der Waals surface area contributed by atoms with Crippen LogP contribution in [0.4, 0.5) is 10.6 Å². The van der Waals surface area contributed by atoms with Crippen LogP contribution in [0.1, 0.15) is 23.5 Å². The van der Waals surface area contributed by atoms with E-state index in [1.165, 1.54) is 11.6 Å². The maximum Gasteiger partial charge on any atom is 0.441 e. The molecule has 3 aromatic rings. The van der Waals surface area contributed by atoms with Crippen molar-refractivity contribution in [1.82, 2.24) is 14.7 Å². The van der Waals surface area contributed by atoms with E-state index in [0.717, 1.165) is 0 Å². The number of hydrogen-bond donors (Lipinski definition) is 1. The summed E-state index contributed by atoms with van der Waals surface area (Å²) in [6.45, 7) is 0.121. The number of terminal acetylenes is 1. The molecule has 0 saturated heterocycles. The van der Waals surface area contributed by atoms with Crippen molar-refractivity contribution in [2.75, 3.05) is 11.9 Å². The Kier molecular flexibility index (Phi) is 7.16. The van der Waals surface area contributed by atoms with Crippen molar-refractivity contribution >= 4 is 17.6 Å².